The number of aliphatic hydroxyl groups is 1. The number of nitrogens with one attached hydrogen (secondary N) is 1. The maximum absolute atomic E-state index is 12.8. The summed E-state index contributed by atoms with van der Waals surface area (Å²) in [7, 11) is 0. The van der Waals surface area contributed by atoms with Crippen LogP contribution in [0.3, 0.4) is 0 Å². The standard InChI is InChI=1S/C21H20N6O3/c1-13-6-7-14(18-24-20(30-25-18)26-11-21(2,29)12-26)9-15(13)23-19(28)16-10-22-17-5-3-4-8-27(16)17/h3-10,29H,11-12H2,1-2H3,(H,23,28). The summed E-state index contributed by atoms with van der Waals surface area (Å²) in [5.74, 6) is 0.160. The molecule has 0 radical (unpaired) electrons. The van der Waals surface area contributed by atoms with Gasteiger partial charge in [0, 0.05) is 17.4 Å². The number of hydrogen-bond donors (Lipinski definition) is 2. The molecular formula is C21H20N6O3. The van der Waals surface area contributed by atoms with E-state index in [0.717, 1.165) is 11.1 Å². The number of amides is 1. The zero-order valence-corrected chi connectivity index (χ0v) is 16.5. The summed E-state index contributed by atoms with van der Waals surface area (Å²) in [4.78, 5) is 23.3. The van der Waals surface area contributed by atoms with Crippen LogP contribution in [-0.2, 0) is 0 Å². The number of β-amino-alcohol motifs (C(OH)–C–C–N with tert-alkyl or cyclic N) is 1. The summed E-state index contributed by atoms with van der Waals surface area (Å²) in [5, 5.41) is 16.9. The van der Waals surface area contributed by atoms with Crippen molar-refractivity contribution in [1.29, 1.82) is 0 Å². The van der Waals surface area contributed by atoms with E-state index >= 15 is 0 Å². The van der Waals surface area contributed by atoms with E-state index in [1.54, 1.807) is 23.7 Å². The molecule has 4 aromatic rings. The van der Waals surface area contributed by atoms with Crippen LogP contribution in [0.25, 0.3) is 17.0 Å². The number of carbonyl (C=O) groups excluding carboxylic acids is 1. The Hall–Kier alpha value is -3.72. The third-order valence-electron chi connectivity index (χ3n) is 5.14. The second kappa shape index (κ2) is 6.67. The van der Waals surface area contributed by atoms with Gasteiger partial charge in [0.25, 0.3) is 5.91 Å². The summed E-state index contributed by atoms with van der Waals surface area (Å²) in [6.07, 6.45) is 3.35. The molecule has 30 heavy (non-hydrogen) atoms. The number of anilines is 2. The normalized spacial score (nSPS) is 15.2. The van der Waals surface area contributed by atoms with Crippen LogP contribution in [0, 0.1) is 6.92 Å². The number of fused-ring (bicyclic) bond motifs is 1. The molecule has 5 rings (SSSR count). The molecule has 2 N–H and O–H groups in total. The molecule has 0 unspecified atom stereocenters. The Labute approximate surface area is 172 Å². The number of hydrogen-bond acceptors (Lipinski definition) is 7. The highest BCUT2D eigenvalue weighted by atomic mass is 16.5. The second-order valence-electron chi connectivity index (χ2n) is 7.81. The first kappa shape index (κ1) is 18.3. The van der Waals surface area contributed by atoms with Gasteiger partial charge in [-0.2, -0.15) is 4.98 Å². The minimum absolute atomic E-state index is 0.259. The van der Waals surface area contributed by atoms with Crippen molar-refractivity contribution < 1.29 is 14.4 Å². The fourth-order valence-electron chi connectivity index (χ4n) is 3.56. The fourth-order valence-corrected chi connectivity index (χ4v) is 3.56. The number of rotatable bonds is 4. The van der Waals surface area contributed by atoms with Gasteiger partial charge in [0.2, 0.25) is 5.82 Å². The topological polar surface area (TPSA) is 109 Å². The van der Waals surface area contributed by atoms with Crippen molar-refractivity contribution >= 4 is 23.3 Å². The highest BCUT2D eigenvalue weighted by Crippen LogP contribution is 2.29. The lowest BCUT2D eigenvalue weighted by Crippen LogP contribution is -2.60. The first-order valence-electron chi connectivity index (χ1n) is 9.55. The molecule has 152 valence electrons. The van der Waals surface area contributed by atoms with E-state index in [1.165, 1.54) is 0 Å². The number of benzene rings is 1. The quantitative estimate of drug-likeness (QED) is 0.538. The van der Waals surface area contributed by atoms with E-state index in [-0.39, 0.29) is 5.91 Å². The van der Waals surface area contributed by atoms with E-state index in [9.17, 15) is 9.90 Å². The van der Waals surface area contributed by atoms with Gasteiger partial charge in [-0.1, -0.05) is 23.4 Å². The molecule has 1 fully saturated rings. The molecule has 1 aliphatic heterocycles. The zero-order valence-electron chi connectivity index (χ0n) is 16.5. The van der Waals surface area contributed by atoms with Crippen molar-refractivity contribution in [3.63, 3.8) is 0 Å². The second-order valence-corrected chi connectivity index (χ2v) is 7.81. The summed E-state index contributed by atoms with van der Waals surface area (Å²) >= 11 is 0. The largest absolute Gasteiger partial charge is 0.386 e. The Morgan fingerprint density at radius 3 is 2.90 bits per heavy atom. The van der Waals surface area contributed by atoms with Crippen LogP contribution in [0.2, 0.25) is 0 Å². The Balaban J connectivity index is 1.39. The molecular weight excluding hydrogens is 384 g/mol. The molecule has 1 aliphatic rings. The number of carbonyl (C=O) groups is 1. The molecule has 9 nitrogen and oxygen atoms in total. The van der Waals surface area contributed by atoms with E-state index < -0.39 is 5.60 Å². The average Bonchev–Trinajstić information content (AvgIpc) is 3.35. The maximum atomic E-state index is 12.8. The molecule has 4 heterocycles. The molecule has 1 aromatic carbocycles. The lowest BCUT2D eigenvalue weighted by Gasteiger charge is -2.42. The Bertz CT molecular complexity index is 1250. The third kappa shape index (κ3) is 3.18. The van der Waals surface area contributed by atoms with Crippen LogP contribution >= 0.6 is 0 Å². The number of aromatic nitrogens is 4. The van der Waals surface area contributed by atoms with Crippen molar-refractivity contribution in [2.75, 3.05) is 23.3 Å². The predicted molar refractivity (Wildman–Crippen MR) is 110 cm³/mol. The van der Waals surface area contributed by atoms with Crippen LogP contribution in [0.4, 0.5) is 11.7 Å². The monoisotopic (exact) mass is 404 g/mol. The van der Waals surface area contributed by atoms with Crippen LogP contribution in [-0.4, -0.2) is 49.2 Å². The SMILES string of the molecule is Cc1ccc(-c2noc(N3CC(C)(O)C3)n2)cc1NC(=O)c1cnc2ccccn12. The molecule has 0 saturated carbocycles. The summed E-state index contributed by atoms with van der Waals surface area (Å²) in [6.45, 7) is 4.57. The Kier molecular flexibility index (Phi) is 4.07. The summed E-state index contributed by atoms with van der Waals surface area (Å²) < 4.78 is 7.07. The molecule has 0 aliphatic carbocycles. The smallest absolute Gasteiger partial charge is 0.324 e. The van der Waals surface area contributed by atoms with Gasteiger partial charge in [0.05, 0.1) is 24.9 Å². The summed E-state index contributed by atoms with van der Waals surface area (Å²) in [6, 6.07) is 11.5. The van der Waals surface area contributed by atoms with Crippen LogP contribution in [0.1, 0.15) is 23.0 Å². The zero-order chi connectivity index (χ0) is 20.9. The van der Waals surface area contributed by atoms with Crippen LogP contribution < -0.4 is 10.2 Å². The number of pyridine rings is 1. The van der Waals surface area contributed by atoms with E-state index in [0.29, 0.717) is 42.0 Å². The maximum Gasteiger partial charge on any atom is 0.324 e. The summed E-state index contributed by atoms with van der Waals surface area (Å²) in [5.41, 5.74) is 2.70. The van der Waals surface area contributed by atoms with Gasteiger partial charge in [0.1, 0.15) is 11.3 Å². The third-order valence-corrected chi connectivity index (χ3v) is 5.14. The van der Waals surface area contributed by atoms with Gasteiger partial charge in [-0.05, 0) is 37.6 Å². The molecule has 0 bridgehead atoms. The number of nitrogens with zero attached hydrogens (tertiary/aromatic N) is 5. The van der Waals surface area contributed by atoms with E-state index in [4.69, 9.17) is 4.52 Å². The van der Waals surface area contributed by atoms with Crippen LogP contribution in [0.15, 0.2) is 53.3 Å². The molecule has 1 amide bonds. The van der Waals surface area contributed by atoms with E-state index in [2.05, 4.69) is 20.4 Å². The van der Waals surface area contributed by atoms with Gasteiger partial charge < -0.3 is 19.8 Å². The first-order chi connectivity index (χ1) is 14.4. The minimum Gasteiger partial charge on any atom is -0.386 e. The average molecular weight is 404 g/mol. The van der Waals surface area contributed by atoms with E-state index in [1.807, 2.05) is 48.2 Å². The van der Waals surface area contributed by atoms with Crippen molar-refractivity contribution in [1.82, 2.24) is 19.5 Å². The molecule has 9 heteroatoms. The highest BCUT2D eigenvalue weighted by molar-refractivity contribution is 6.04. The minimum atomic E-state index is -0.728. The first-order valence-corrected chi connectivity index (χ1v) is 9.55. The Morgan fingerprint density at radius 2 is 2.10 bits per heavy atom. The van der Waals surface area contributed by atoms with Crippen LogP contribution in [0.5, 0.6) is 0 Å². The lowest BCUT2D eigenvalue weighted by molar-refractivity contribution is 0.0272. The lowest BCUT2D eigenvalue weighted by atomic mass is 9.98. The molecule has 3 aromatic heterocycles. The number of imidazole rings is 1. The Morgan fingerprint density at radius 1 is 1.27 bits per heavy atom. The van der Waals surface area contributed by atoms with Gasteiger partial charge in [-0.15, -0.1) is 0 Å². The molecule has 1 saturated heterocycles. The van der Waals surface area contributed by atoms with Crippen molar-refractivity contribution in [3.05, 3.63) is 60.0 Å². The van der Waals surface area contributed by atoms with Gasteiger partial charge in [0.15, 0.2) is 0 Å². The highest BCUT2D eigenvalue weighted by Gasteiger charge is 2.39. The van der Waals surface area contributed by atoms with Gasteiger partial charge >= 0.3 is 6.01 Å². The van der Waals surface area contributed by atoms with Gasteiger partial charge in [-0.3, -0.25) is 9.20 Å². The molecule has 0 spiro atoms. The van der Waals surface area contributed by atoms with Crippen molar-refractivity contribution in [2.45, 2.75) is 19.4 Å². The number of aryl methyl sites for hydroxylation is 1. The fraction of sp³-hybridized carbons (Fsp3) is 0.238. The predicted octanol–water partition coefficient (Wildman–Crippen LogP) is 2.52. The van der Waals surface area contributed by atoms with Crippen molar-refractivity contribution in [3.8, 4) is 11.4 Å². The van der Waals surface area contributed by atoms with Gasteiger partial charge in [-0.25, -0.2) is 4.98 Å². The van der Waals surface area contributed by atoms with Crippen molar-refractivity contribution in [2.24, 2.45) is 0 Å². The molecule has 0 atom stereocenters.